The minimum absolute atomic E-state index is 0.102. The Morgan fingerprint density at radius 2 is 2.11 bits per heavy atom. The third-order valence-corrected chi connectivity index (χ3v) is 2.92. The van der Waals surface area contributed by atoms with Crippen molar-refractivity contribution < 1.29 is 9.90 Å². The lowest BCUT2D eigenvalue weighted by molar-refractivity contribution is -0.122. The maximum absolute atomic E-state index is 11.7. The van der Waals surface area contributed by atoms with Gasteiger partial charge in [-0.15, -0.1) is 0 Å². The smallest absolute Gasteiger partial charge is 0.223 e. The molecule has 1 aromatic carbocycles. The molecule has 2 N–H and O–H groups in total. The number of hydrogen-bond acceptors (Lipinski definition) is 2. The molecule has 1 unspecified atom stereocenters. The van der Waals surface area contributed by atoms with Gasteiger partial charge in [-0.25, -0.2) is 0 Å². The van der Waals surface area contributed by atoms with Gasteiger partial charge in [-0.05, 0) is 17.6 Å². The first-order valence-electron chi connectivity index (χ1n) is 6.10. The number of nitrogens with one attached hydrogen (secondary N) is 1. The van der Waals surface area contributed by atoms with E-state index in [9.17, 15) is 9.90 Å². The Bertz CT molecular complexity index is 463. The summed E-state index contributed by atoms with van der Waals surface area (Å²) < 4.78 is 0. The zero-order valence-corrected chi connectivity index (χ0v) is 10.2. The van der Waals surface area contributed by atoms with E-state index >= 15 is 0 Å². The average Bonchev–Trinajstić information content (AvgIpc) is 2.90. The highest BCUT2D eigenvalue weighted by molar-refractivity contribution is 5.76. The predicted molar refractivity (Wildman–Crippen MR) is 70.9 cm³/mol. The van der Waals surface area contributed by atoms with Crippen molar-refractivity contribution >= 4 is 5.91 Å². The van der Waals surface area contributed by atoms with Crippen molar-refractivity contribution in [3.05, 3.63) is 59.7 Å². The van der Waals surface area contributed by atoms with Gasteiger partial charge in [-0.2, -0.15) is 0 Å². The number of aliphatic hydroxyl groups excluding tert-OH is 1. The highest BCUT2D eigenvalue weighted by Crippen LogP contribution is 2.15. The van der Waals surface area contributed by atoms with Crippen LogP contribution in [-0.2, 0) is 4.79 Å². The Kier molecular flexibility index (Phi) is 4.31. The molecule has 0 spiro atoms. The number of amides is 1. The van der Waals surface area contributed by atoms with Crippen molar-refractivity contribution in [3.63, 3.8) is 0 Å². The van der Waals surface area contributed by atoms with Crippen LogP contribution in [0.5, 0.6) is 0 Å². The summed E-state index contributed by atoms with van der Waals surface area (Å²) in [6.07, 6.45) is 6.32. The molecular formula is C15H17NO2. The molecule has 0 aromatic heterocycles. The van der Waals surface area contributed by atoms with Crippen LogP contribution in [0.1, 0.15) is 24.5 Å². The molecule has 1 amide bonds. The molecule has 94 valence electrons. The molecular weight excluding hydrogens is 226 g/mol. The van der Waals surface area contributed by atoms with Crippen LogP contribution in [0.3, 0.4) is 0 Å². The molecule has 1 aromatic rings. The summed E-state index contributed by atoms with van der Waals surface area (Å²) >= 11 is 0. The highest BCUT2D eigenvalue weighted by Gasteiger charge is 2.12. The number of carbonyl (C=O) groups is 1. The van der Waals surface area contributed by atoms with Crippen molar-refractivity contribution in [1.82, 2.24) is 5.32 Å². The van der Waals surface area contributed by atoms with Crippen LogP contribution in [0.25, 0.3) is 0 Å². The first-order chi connectivity index (χ1) is 8.75. The zero-order chi connectivity index (χ0) is 12.8. The van der Waals surface area contributed by atoms with Gasteiger partial charge < -0.3 is 10.4 Å². The Balaban J connectivity index is 1.77. The summed E-state index contributed by atoms with van der Waals surface area (Å²) in [6, 6.07) is 9.23. The van der Waals surface area contributed by atoms with Crippen LogP contribution in [0, 0.1) is 0 Å². The molecule has 1 aliphatic carbocycles. The van der Waals surface area contributed by atoms with Crippen molar-refractivity contribution in [1.29, 1.82) is 0 Å². The standard InChI is InChI=1S/C15H17NO2/c17-14(13-8-2-1-3-9-13)10-15(18)16-11-12-6-4-5-7-12/h1-6,8-9,14,17H,7,10-11H2,(H,16,18). The molecule has 18 heavy (non-hydrogen) atoms. The quantitative estimate of drug-likeness (QED) is 0.832. The van der Waals surface area contributed by atoms with Gasteiger partial charge in [-0.1, -0.05) is 48.6 Å². The third-order valence-electron chi connectivity index (χ3n) is 2.92. The molecule has 0 bridgehead atoms. The third kappa shape index (κ3) is 3.57. The van der Waals surface area contributed by atoms with Gasteiger partial charge in [0, 0.05) is 6.54 Å². The van der Waals surface area contributed by atoms with Gasteiger partial charge >= 0.3 is 0 Å². The summed E-state index contributed by atoms with van der Waals surface area (Å²) in [4.78, 5) is 11.7. The fourth-order valence-corrected chi connectivity index (χ4v) is 1.88. The van der Waals surface area contributed by atoms with Crippen LogP contribution in [0.15, 0.2) is 54.1 Å². The minimum Gasteiger partial charge on any atom is -0.388 e. The van der Waals surface area contributed by atoms with E-state index < -0.39 is 6.10 Å². The van der Waals surface area contributed by atoms with Gasteiger partial charge in [-0.3, -0.25) is 4.79 Å². The summed E-state index contributed by atoms with van der Waals surface area (Å²) in [7, 11) is 0. The second kappa shape index (κ2) is 6.17. The lowest BCUT2D eigenvalue weighted by atomic mass is 10.1. The van der Waals surface area contributed by atoms with Crippen molar-refractivity contribution in [2.45, 2.75) is 18.9 Å². The fourth-order valence-electron chi connectivity index (χ4n) is 1.88. The van der Waals surface area contributed by atoms with Gasteiger partial charge in [0.2, 0.25) is 5.91 Å². The van der Waals surface area contributed by atoms with Crippen LogP contribution in [-0.4, -0.2) is 17.6 Å². The van der Waals surface area contributed by atoms with E-state index in [0.29, 0.717) is 6.54 Å². The number of allylic oxidation sites excluding steroid dienone is 3. The summed E-state index contributed by atoms with van der Waals surface area (Å²) in [5.74, 6) is -0.126. The molecule has 0 fully saturated rings. The van der Waals surface area contributed by atoms with Crippen LogP contribution in [0.2, 0.25) is 0 Å². The summed E-state index contributed by atoms with van der Waals surface area (Å²) in [5.41, 5.74) is 1.96. The van der Waals surface area contributed by atoms with E-state index in [2.05, 4.69) is 11.4 Å². The van der Waals surface area contributed by atoms with Gasteiger partial charge in [0.15, 0.2) is 0 Å². The van der Waals surface area contributed by atoms with E-state index in [4.69, 9.17) is 0 Å². The minimum atomic E-state index is -0.734. The van der Waals surface area contributed by atoms with E-state index in [-0.39, 0.29) is 12.3 Å². The van der Waals surface area contributed by atoms with Gasteiger partial charge in [0.25, 0.3) is 0 Å². The number of rotatable bonds is 5. The Hall–Kier alpha value is -1.87. The molecule has 1 aliphatic rings. The molecule has 1 atom stereocenters. The van der Waals surface area contributed by atoms with Gasteiger partial charge in [0.05, 0.1) is 12.5 Å². The van der Waals surface area contributed by atoms with Crippen molar-refractivity contribution in [3.8, 4) is 0 Å². The van der Waals surface area contributed by atoms with Crippen LogP contribution >= 0.6 is 0 Å². The second-order valence-electron chi connectivity index (χ2n) is 4.36. The Morgan fingerprint density at radius 1 is 1.33 bits per heavy atom. The first-order valence-corrected chi connectivity index (χ1v) is 6.10. The van der Waals surface area contributed by atoms with E-state index in [0.717, 1.165) is 12.0 Å². The van der Waals surface area contributed by atoms with E-state index in [1.54, 1.807) is 0 Å². The zero-order valence-electron chi connectivity index (χ0n) is 10.2. The maximum Gasteiger partial charge on any atom is 0.223 e. The largest absolute Gasteiger partial charge is 0.388 e. The summed E-state index contributed by atoms with van der Waals surface area (Å²) in [5, 5.41) is 12.7. The van der Waals surface area contributed by atoms with Crippen molar-refractivity contribution in [2.24, 2.45) is 0 Å². The SMILES string of the molecule is O=C(CC(O)c1ccccc1)NCC1=CC=CC1. The average molecular weight is 243 g/mol. The number of carbonyl (C=O) groups excluding carboxylic acids is 1. The topological polar surface area (TPSA) is 49.3 Å². The first kappa shape index (κ1) is 12.6. The molecule has 0 saturated heterocycles. The Morgan fingerprint density at radius 3 is 2.78 bits per heavy atom. The molecule has 0 radical (unpaired) electrons. The number of hydrogen-bond donors (Lipinski definition) is 2. The molecule has 3 heteroatoms. The van der Waals surface area contributed by atoms with Gasteiger partial charge in [0.1, 0.15) is 0 Å². The van der Waals surface area contributed by atoms with E-state index in [1.807, 2.05) is 42.5 Å². The molecule has 0 heterocycles. The lowest BCUT2D eigenvalue weighted by Gasteiger charge is -2.11. The Labute approximate surface area is 107 Å². The lowest BCUT2D eigenvalue weighted by Crippen LogP contribution is -2.26. The highest BCUT2D eigenvalue weighted by atomic mass is 16.3. The van der Waals surface area contributed by atoms with Crippen LogP contribution < -0.4 is 5.32 Å². The second-order valence-corrected chi connectivity index (χ2v) is 4.36. The monoisotopic (exact) mass is 243 g/mol. The molecule has 2 rings (SSSR count). The molecule has 0 aliphatic heterocycles. The van der Waals surface area contributed by atoms with Crippen molar-refractivity contribution in [2.75, 3.05) is 6.54 Å². The van der Waals surface area contributed by atoms with Crippen LogP contribution in [0.4, 0.5) is 0 Å². The fraction of sp³-hybridized carbons (Fsp3) is 0.267. The van der Waals surface area contributed by atoms with E-state index in [1.165, 1.54) is 5.57 Å². The number of benzene rings is 1. The number of aliphatic hydroxyl groups is 1. The maximum atomic E-state index is 11.7. The summed E-state index contributed by atoms with van der Waals surface area (Å²) in [6.45, 7) is 0.563. The normalized spacial score (nSPS) is 15.3. The predicted octanol–water partition coefficient (Wildman–Crippen LogP) is 2.11. The molecule has 0 saturated carbocycles. The molecule has 3 nitrogen and oxygen atoms in total.